The zero-order valence-electron chi connectivity index (χ0n) is 11.1. The van der Waals surface area contributed by atoms with Gasteiger partial charge in [-0.15, -0.1) is 0 Å². The van der Waals surface area contributed by atoms with E-state index in [0.717, 1.165) is 5.75 Å². The molecule has 3 heteroatoms. The van der Waals surface area contributed by atoms with Crippen LogP contribution in [0, 0.1) is 12.8 Å². The van der Waals surface area contributed by atoms with Gasteiger partial charge in [-0.05, 0) is 55.5 Å². The molecule has 0 heterocycles. The minimum Gasteiger partial charge on any atom is -0.492 e. The molecule has 0 bridgehead atoms. The number of ether oxygens (including phenoxy) is 1. The standard InChI is InChI=1S/C14H22ClNO/c1-5-17-14-6-10(4)11(7-13(14)15)12(8-16)9(2)3/h6-7,9,12H,5,8,16H2,1-4H3. The molecule has 1 aromatic carbocycles. The first-order valence-electron chi connectivity index (χ1n) is 6.14. The first-order valence-corrected chi connectivity index (χ1v) is 6.51. The second kappa shape index (κ2) is 6.27. The maximum atomic E-state index is 6.22. The van der Waals surface area contributed by atoms with E-state index in [4.69, 9.17) is 22.1 Å². The minimum atomic E-state index is 0.350. The average Bonchev–Trinajstić information content (AvgIpc) is 2.25. The van der Waals surface area contributed by atoms with Crippen LogP contribution >= 0.6 is 11.6 Å². The molecular formula is C14H22ClNO. The Morgan fingerprint density at radius 2 is 2.00 bits per heavy atom. The predicted molar refractivity (Wildman–Crippen MR) is 74.0 cm³/mol. The van der Waals surface area contributed by atoms with Crippen molar-refractivity contribution >= 4 is 11.6 Å². The summed E-state index contributed by atoms with van der Waals surface area (Å²) in [6, 6.07) is 4.01. The molecule has 0 aromatic heterocycles. The fourth-order valence-corrected chi connectivity index (χ4v) is 2.32. The maximum absolute atomic E-state index is 6.22. The van der Waals surface area contributed by atoms with Crippen LogP contribution in [-0.2, 0) is 0 Å². The van der Waals surface area contributed by atoms with Crippen molar-refractivity contribution in [3.05, 3.63) is 28.3 Å². The Bertz CT molecular complexity index is 377. The molecule has 0 saturated carbocycles. The summed E-state index contributed by atoms with van der Waals surface area (Å²) >= 11 is 6.22. The van der Waals surface area contributed by atoms with Gasteiger partial charge in [0, 0.05) is 0 Å². The molecular weight excluding hydrogens is 234 g/mol. The molecule has 1 rings (SSSR count). The molecule has 17 heavy (non-hydrogen) atoms. The Morgan fingerprint density at radius 3 is 2.47 bits per heavy atom. The van der Waals surface area contributed by atoms with Gasteiger partial charge in [-0.1, -0.05) is 25.4 Å². The quantitative estimate of drug-likeness (QED) is 0.870. The van der Waals surface area contributed by atoms with Gasteiger partial charge in [0.15, 0.2) is 0 Å². The second-order valence-electron chi connectivity index (χ2n) is 4.66. The van der Waals surface area contributed by atoms with Gasteiger partial charge in [0.1, 0.15) is 5.75 Å². The predicted octanol–water partition coefficient (Wildman–Crippen LogP) is 3.75. The van der Waals surface area contributed by atoms with E-state index >= 15 is 0 Å². The summed E-state index contributed by atoms with van der Waals surface area (Å²) in [5, 5.41) is 0.673. The Morgan fingerprint density at radius 1 is 1.35 bits per heavy atom. The van der Waals surface area contributed by atoms with Crippen LogP contribution in [0.4, 0.5) is 0 Å². The lowest BCUT2D eigenvalue weighted by molar-refractivity contribution is 0.340. The summed E-state index contributed by atoms with van der Waals surface area (Å²) in [6.45, 7) is 9.67. The molecule has 0 radical (unpaired) electrons. The summed E-state index contributed by atoms with van der Waals surface area (Å²) in [5.74, 6) is 1.62. The Kier molecular flexibility index (Phi) is 5.29. The number of halogens is 1. The molecule has 2 N–H and O–H groups in total. The van der Waals surface area contributed by atoms with E-state index in [1.807, 2.05) is 19.1 Å². The van der Waals surface area contributed by atoms with Crippen molar-refractivity contribution in [3.63, 3.8) is 0 Å². The molecule has 1 aromatic rings. The highest BCUT2D eigenvalue weighted by molar-refractivity contribution is 6.32. The highest BCUT2D eigenvalue weighted by Crippen LogP contribution is 2.34. The minimum absolute atomic E-state index is 0.350. The van der Waals surface area contributed by atoms with Crippen LogP contribution in [0.3, 0.4) is 0 Å². The monoisotopic (exact) mass is 255 g/mol. The van der Waals surface area contributed by atoms with E-state index < -0.39 is 0 Å². The summed E-state index contributed by atoms with van der Waals surface area (Å²) < 4.78 is 5.48. The van der Waals surface area contributed by atoms with Gasteiger partial charge < -0.3 is 10.5 Å². The fourth-order valence-electron chi connectivity index (χ4n) is 2.09. The van der Waals surface area contributed by atoms with Gasteiger partial charge in [-0.2, -0.15) is 0 Å². The third-order valence-electron chi connectivity index (χ3n) is 3.08. The smallest absolute Gasteiger partial charge is 0.138 e. The van der Waals surface area contributed by atoms with Crippen molar-refractivity contribution in [2.24, 2.45) is 11.7 Å². The van der Waals surface area contributed by atoms with Crippen molar-refractivity contribution in [2.45, 2.75) is 33.6 Å². The van der Waals surface area contributed by atoms with Gasteiger partial charge in [-0.3, -0.25) is 0 Å². The van der Waals surface area contributed by atoms with Crippen molar-refractivity contribution in [1.82, 2.24) is 0 Å². The van der Waals surface area contributed by atoms with Crippen LogP contribution in [0.1, 0.15) is 37.8 Å². The molecule has 1 unspecified atom stereocenters. The average molecular weight is 256 g/mol. The van der Waals surface area contributed by atoms with Gasteiger partial charge in [-0.25, -0.2) is 0 Å². The molecule has 0 amide bonds. The fraction of sp³-hybridized carbons (Fsp3) is 0.571. The molecule has 0 saturated heterocycles. The molecule has 1 atom stereocenters. The van der Waals surface area contributed by atoms with Gasteiger partial charge in [0.25, 0.3) is 0 Å². The van der Waals surface area contributed by atoms with Crippen LogP contribution in [0.5, 0.6) is 5.75 Å². The van der Waals surface area contributed by atoms with Crippen LogP contribution in [0.25, 0.3) is 0 Å². The molecule has 0 fully saturated rings. The van der Waals surface area contributed by atoms with Crippen molar-refractivity contribution in [2.75, 3.05) is 13.2 Å². The number of hydrogen-bond donors (Lipinski definition) is 1. The summed E-state index contributed by atoms with van der Waals surface area (Å²) in [7, 11) is 0. The Balaban J connectivity index is 3.13. The van der Waals surface area contributed by atoms with E-state index in [9.17, 15) is 0 Å². The van der Waals surface area contributed by atoms with Crippen LogP contribution < -0.4 is 10.5 Å². The van der Waals surface area contributed by atoms with E-state index in [0.29, 0.717) is 30.0 Å². The highest BCUT2D eigenvalue weighted by Gasteiger charge is 2.18. The zero-order chi connectivity index (χ0) is 13.0. The lowest BCUT2D eigenvalue weighted by Crippen LogP contribution is -2.18. The summed E-state index contributed by atoms with van der Waals surface area (Å²) in [5.41, 5.74) is 8.28. The normalized spacial score (nSPS) is 12.9. The van der Waals surface area contributed by atoms with Gasteiger partial charge in [0.05, 0.1) is 11.6 Å². The molecule has 0 aliphatic rings. The third-order valence-corrected chi connectivity index (χ3v) is 3.37. The van der Waals surface area contributed by atoms with Gasteiger partial charge in [0.2, 0.25) is 0 Å². The van der Waals surface area contributed by atoms with E-state index in [-0.39, 0.29) is 0 Å². The van der Waals surface area contributed by atoms with E-state index in [1.54, 1.807) is 0 Å². The Labute approximate surface area is 109 Å². The van der Waals surface area contributed by atoms with Crippen molar-refractivity contribution < 1.29 is 4.74 Å². The molecule has 2 nitrogen and oxygen atoms in total. The van der Waals surface area contributed by atoms with Gasteiger partial charge >= 0.3 is 0 Å². The first kappa shape index (κ1) is 14.3. The molecule has 0 aliphatic heterocycles. The Hall–Kier alpha value is -0.730. The molecule has 0 aliphatic carbocycles. The van der Waals surface area contributed by atoms with Crippen LogP contribution in [0.15, 0.2) is 12.1 Å². The van der Waals surface area contributed by atoms with E-state index in [1.165, 1.54) is 11.1 Å². The number of benzene rings is 1. The van der Waals surface area contributed by atoms with Crippen LogP contribution in [0.2, 0.25) is 5.02 Å². The summed E-state index contributed by atoms with van der Waals surface area (Å²) in [4.78, 5) is 0. The zero-order valence-corrected chi connectivity index (χ0v) is 11.8. The van der Waals surface area contributed by atoms with E-state index in [2.05, 4.69) is 20.8 Å². The first-order chi connectivity index (χ1) is 8.01. The SMILES string of the molecule is CCOc1cc(C)c(C(CN)C(C)C)cc1Cl. The number of rotatable bonds is 5. The summed E-state index contributed by atoms with van der Waals surface area (Å²) in [6.07, 6.45) is 0. The number of hydrogen-bond acceptors (Lipinski definition) is 2. The third kappa shape index (κ3) is 3.36. The largest absolute Gasteiger partial charge is 0.492 e. The molecule has 96 valence electrons. The lowest BCUT2D eigenvalue weighted by atomic mass is 9.86. The topological polar surface area (TPSA) is 35.2 Å². The second-order valence-corrected chi connectivity index (χ2v) is 5.07. The van der Waals surface area contributed by atoms with Crippen molar-refractivity contribution in [3.8, 4) is 5.75 Å². The lowest BCUT2D eigenvalue weighted by Gasteiger charge is -2.22. The highest BCUT2D eigenvalue weighted by atomic mass is 35.5. The maximum Gasteiger partial charge on any atom is 0.138 e. The van der Waals surface area contributed by atoms with Crippen LogP contribution in [-0.4, -0.2) is 13.2 Å². The van der Waals surface area contributed by atoms with Crippen molar-refractivity contribution in [1.29, 1.82) is 0 Å². The molecule has 0 spiro atoms. The number of nitrogens with two attached hydrogens (primary N) is 1. The number of aryl methyl sites for hydroxylation is 1.